The van der Waals surface area contributed by atoms with Crippen LogP contribution in [0.2, 0.25) is 5.02 Å². The van der Waals surface area contributed by atoms with E-state index in [1.807, 2.05) is 0 Å². The fraction of sp³-hybridized carbons (Fsp3) is 0.600. The highest BCUT2D eigenvalue weighted by atomic mass is 79.9. The number of nitrogens with one attached hydrogen (secondary N) is 1. The minimum atomic E-state index is -0.304. The number of anilines is 1. The lowest BCUT2D eigenvalue weighted by Gasteiger charge is -2.31. The molecule has 1 aromatic rings. The van der Waals surface area contributed by atoms with Gasteiger partial charge in [-0.25, -0.2) is 4.39 Å². The van der Waals surface area contributed by atoms with Crippen LogP contribution in [0.3, 0.4) is 0 Å². The molecule has 3 rings (SSSR count). The Hall–Kier alpha value is -0.280. The lowest BCUT2D eigenvalue weighted by atomic mass is 9.82. The van der Waals surface area contributed by atoms with E-state index >= 15 is 0 Å². The number of hydrogen-bond acceptors (Lipinski definition) is 1. The first-order chi connectivity index (χ1) is 9.13. The van der Waals surface area contributed by atoms with E-state index in [2.05, 4.69) is 21.2 Å². The fourth-order valence-electron chi connectivity index (χ4n) is 3.24. The van der Waals surface area contributed by atoms with Crippen molar-refractivity contribution in [2.45, 2.75) is 44.6 Å². The van der Waals surface area contributed by atoms with Crippen LogP contribution in [0.5, 0.6) is 0 Å². The van der Waals surface area contributed by atoms with Gasteiger partial charge in [-0.05, 0) is 65.6 Å². The summed E-state index contributed by atoms with van der Waals surface area (Å²) in [5.41, 5.74) is 0.838. The summed E-state index contributed by atoms with van der Waals surface area (Å²) in [6.07, 6.45) is 7.90. The molecule has 0 aromatic heterocycles. The molecule has 0 heterocycles. The molecule has 2 aliphatic rings. The maximum Gasteiger partial charge on any atom is 0.125 e. The zero-order valence-electron chi connectivity index (χ0n) is 10.8. The largest absolute Gasteiger partial charge is 0.380 e. The maximum atomic E-state index is 13.2. The number of benzene rings is 1. The minimum absolute atomic E-state index is 0.304. The van der Waals surface area contributed by atoms with Crippen LogP contribution >= 0.6 is 27.5 Å². The van der Waals surface area contributed by atoms with Gasteiger partial charge in [0.25, 0.3) is 0 Å². The molecule has 2 aliphatic carbocycles. The molecule has 0 bridgehead atoms. The summed E-state index contributed by atoms with van der Waals surface area (Å²) in [5.74, 6) is 1.54. The molecule has 0 radical (unpaired) electrons. The third-order valence-corrected chi connectivity index (χ3v) is 5.28. The van der Waals surface area contributed by atoms with Gasteiger partial charge in [0.05, 0.1) is 10.7 Å². The van der Waals surface area contributed by atoms with E-state index in [4.69, 9.17) is 11.6 Å². The number of hydrogen-bond donors (Lipinski definition) is 1. The Morgan fingerprint density at radius 2 is 1.95 bits per heavy atom. The molecule has 0 amide bonds. The first-order valence-corrected chi connectivity index (χ1v) is 8.21. The normalized spacial score (nSPS) is 27.3. The Morgan fingerprint density at radius 3 is 2.63 bits per heavy atom. The van der Waals surface area contributed by atoms with Crippen molar-refractivity contribution >= 4 is 33.2 Å². The average molecular weight is 347 g/mol. The molecule has 1 N–H and O–H groups in total. The van der Waals surface area contributed by atoms with Crippen molar-refractivity contribution in [3.05, 3.63) is 27.4 Å². The van der Waals surface area contributed by atoms with Crippen LogP contribution in [0.15, 0.2) is 16.6 Å². The van der Waals surface area contributed by atoms with E-state index in [0.29, 0.717) is 15.5 Å². The van der Waals surface area contributed by atoms with Crippen molar-refractivity contribution < 1.29 is 4.39 Å². The summed E-state index contributed by atoms with van der Waals surface area (Å²) in [7, 11) is 0. The summed E-state index contributed by atoms with van der Waals surface area (Å²) in [5, 5.41) is 3.97. The van der Waals surface area contributed by atoms with E-state index in [9.17, 15) is 4.39 Å². The summed E-state index contributed by atoms with van der Waals surface area (Å²) >= 11 is 9.53. The summed E-state index contributed by atoms with van der Waals surface area (Å²) in [4.78, 5) is 0. The molecule has 19 heavy (non-hydrogen) atoms. The van der Waals surface area contributed by atoms with Crippen LogP contribution < -0.4 is 5.32 Å². The van der Waals surface area contributed by atoms with Gasteiger partial charge in [-0.2, -0.15) is 0 Å². The van der Waals surface area contributed by atoms with Crippen molar-refractivity contribution in [2.24, 2.45) is 11.8 Å². The van der Waals surface area contributed by atoms with Crippen LogP contribution in [0.1, 0.15) is 38.5 Å². The van der Waals surface area contributed by atoms with Gasteiger partial charge in [-0.15, -0.1) is 0 Å². The van der Waals surface area contributed by atoms with Crippen molar-refractivity contribution in [2.75, 3.05) is 5.32 Å². The van der Waals surface area contributed by atoms with Gasteiger partial charge in [0.1, 0.15) is 5.82 Å². The molecule has 2 atom stereocenters. The molecule has 2 unspecified atom stereocenters. The average Bonchev–Trinajstić information content (AvgIpc) is 3.18. The van der Waals surface area contributed by atoms with Crippen LogP contribution in [-0.2, 0) is 0 Å². The Kier molecular flexibility index (Phi) is 4.04. The van der Waals surface area contributed by atoms with Gasteiger partial charge in [-0.3, -0.25) is 0 Å². The number of rotatable bonds is 3. The first-order valence-electron chi connectivity index (χ1n) is 7.04. The van der Waals surface area contributed by atoms with Gasteiger partial charge in [0.2, 0.25) is 0 Å². The molecule has 1 aromatic carbocycles. The highest BCUT2D eigenvalue weighted by Gasteiger charge is 2.34. The highest BCUT2D eigenvalue weighted by Crippen LogP contribution is 2.45. The lowest BCUT2D eigenvalue weighted by molar-refractivity contribution is 0.303. The van der Waals surface area contributed by atoms with Crippen molar-refractivity contribution in [1.82, 2.24) is 0 Å². The van der Waals surface area contributed by atoms with E-state index in [1.165, 1.54) is 50.7 Å². The predicted octanol–water partition coefficient (Wildman–Crippen LogP) is 5.62. The topological polar surface area (TPSA) is 12.0 Å². The Morgan fingerprint density at radius 1 is 1.16 bits per heavy atom. The third-order valence-electron chi connectivity index (χ3n) is 4.36. The predicted molar refractivity (Wildman–Crippen MR) is 81.2 cm³/mol. The summed E-state index contributed by atoms with van der Waals surface area (Å²) in [6.45, 7) is 0. The minimum Gasteiger partial charge on any atom is -0.380 e. The van der Waals surface area contributed by atoms with E-state index in [0.717, 1.165) is 17.5 Å². The zero-order chi connectivity index (χ0) is 13.4. The Labute approximate surface area is 127 Å². The van der Waals surface area contributed by atoms with Gasteiger partial charge in [0, 0.05) is 10.5 Å². The fourth-order valence-corrected chi connectivity index (χ4v) is 4.16. The molecule has 2 saturated carbocycles. The van der Waals surface area contributed by atoms with Gasteiger partial charge in [0.15, 0.2) is 0 Å². The Bertz CT molecular complexity index is 452. The van der Waals surface area contributed by atoms with Crippen molar-refractivity contribution in [3.8, 4) is 0 Å². The van der Waals surface area contributed by atoms with Crippen LogP contribution in [0.4, 0.5) is 10.1 Å². The highest BCUT2D eigenvalue weighted by molar-refractivity contribution is 9.10. The summed E-state index contributed by atoms with van der Waals surface area (Å²) in [6, 6.07) is 3.31. The second-order valence-corrected chi connectivity index (χ2v) is 7.11. The van der Waals surface area contributed by atoms with Gasteiger partial charge < -0.3 is 5.32 Å². The number of halogens is 3. The summed E-state index contributed by atoms with van der Waals surface area (Å²) < 4.78 is 13.9. The first kappa shape index (κ1) is 13.7. The van der Waals surface area contributed by atoms with Crippen molar-refractivity contribution in [3.63, 3.8) is 0 Å². The molecule has 0 saturated heterocycles. The second-order valence-electron chi connectivity index (χ2n) is 5.85. The SMILES string of the molecule is Fc1cc(Cl)c(NC2CCCC(C3CC3)C2)c(Br)c1. The second kappa shape index (κ2) is 5.61. The quantitative estimate of drug-likeness (QED) is 0.748. The van der Waals surface area contributed by atoms with E-state index in [-0.39, 0.29) is 5.82 Å². The molecular weight excluding hydrogens is 329 g/mol. The molecule has 0 spiro atoms. The van der Waals surface area contributed by atoms with E-state index < -0.39 is 0 Å². The smallest absolute Gasteiger partial charge is 0.125 e. The standard InChI is InChI=1S/C15H18BrClFN/c16-13-7-11(18)8-14(17)15(13)19-12-3-1-2-10(6-12)9-4-5-9/h7-10,12,19H,1-6H2. The lowest BCUT2D eigenvalue weighted by Crippen LogP contribution is -2.28. The van der Waals surface area contributed by atoms with Crippen LogP contribution in [0, 0.1) is 17.7 Å². The molecule has 0 aliphatic heterocycles. The molecule has 2 fully saturated rings. The molecule has 4 heteroatoms. The zero-order valence-corrected chi connectivity index (χ0v) is 13.1. The van der Waals surface area contributed by atoms with Gasteiger partial charge in [-0.1, -0.05) is 24.4 Å². The van der Waals surface area contributed by atoms with Crippen molar-refractivity contribution in [1.29, 1.82) is 0 Å². The molecular formula is C15H18BrClFN. The maximum absolute atomic E-state index is 13.2. The Balaban J connectivity index is 1.70. The molecule has 104 valence electrons. The van der Waals surface area contributed by atoms with E-state index in [1.54, 1.807) is 0 Å². The molecule has 1 nitrogen and oxygen atoms in total. The van der Waals surface area contributed by atoms with Crippen LogP contribution in [0.25, 0.3) is 0 Å². The third kappa shape index (κ3) is 3.25. The van der Waals surface area contributed by atoms with Gasteiger partial charge >= 0.3 is 0 Å². The van der Waals surface area contributed by atoms with Crippen LogP contribution in [-0.4, -0.2) is 6.04 Å². The monoisotopic (exact) mass is 345 g/mol.